The largest absolute Gasteiger partial charge is 0.151 e. The first-order valence-corrected chi connectivity index (χ1v) is 6.30. The fourth-order valence-electron chi connectivity index (χ4n) is 2.13. The van der Waals surface area contributed by atoms with Gasteiger partial charge in [0.05, 0.1) is 11.4 Å². The van der Waals surface area contributed by atoms with E-state index >= 15 is 0 Å². The molecule has 0 unspecified atom stereocenters. The Balaban J connectivity index is 2.02. The van der Waals surface area contributed by atoms with E-state index in [1.54, 1.807) is 0 Å². The average molecular weight is 246 g/mol. The predicted octanol–water partition coefficient (Wildman–Crippen LogP) is 5.56. The second kappa shape index (κ2) is 5.02. The van der Waals surface area contributed by atoms with Gasteiger partial charge < -0.3 is 0 Å². The van der Waals surface area contributed by atoms with Gasteiger partial charge in [0.25, 0.3) is 0 Å². The lowest BCUT2D eigenvalue weighted by molar-refractivity contribution is 1.22. The summed E-state index contributed by atoms with van der Waals surface area (Å²) < 4.78 is 0. The van der Waals surface area contributed by atoms with E-state index in [1.165, 1.54) is 10.8 Å². The summed E-state index contributed by atoms with van der Waals surface area (Å²) in [5.74, 6) is 0. The van der Waals surface area contributed by atoms with E-state index < -0.39 is 0 Å². The molecule has 0 spiro atoms. The number of aryl methyl sites for hydroxylation is 1. The first-order valence-electron chi connectivity index (χ1n) is 6.30. The fourth-order valence-corrected chi connectivity index (χ4v) is 2.13. The van der Waals surface area contributed by atoms with Gasteiger partial charge in [-0.3, -0.25) is 0 Å². The molecule has 0 aliphatic rings. The van der Waals surface area contributed by atoms with Gasteiger partial charge in [0.15, 0.2) is 0 Å². The van der Waals surface area contributed by atoms with Crippen LogP contribution in [0.3, 0.4) is 0 Å². The molecular formula is C17H14N2. The van der Waals surface area contributed by atoms with Crippen LogP contribution in [0.2, 0.25) is 0 Å². The van der Waals surface area contributed by atoms with Crippen molar-refractivity contribution < 1.29 is 0 Å². The van der Waals surface area contributed by atoms with E-state index in [4.69, 9.17) is 0 Å². The third kappa shape index (κ3) is 2.38. The first-order chi connectivity index (χ1) is 9.34. The smallest absolute Gasteiger partial charge is 0.0892 e. The normalized spacial score (nSPS) is 11.2. The van der Waals surface area contributed by atoms with Gasteiger partial charge in [-0.2, -0.15) is 10.2 Å². The molecule has 0 aromatic heterocycles. The molecule has 0 saturated heterocycles. The minimum Gasteiger partial charge on any atom is -0.151 e. The molecule has 0 N–H and O–H groups in total. The molecule has 0 heterocycles. The lowest BCUT2D eigenvalue weighted by atomic mass is 10.0. The first kappa shape index (κ1) is 11.6. The van der Waals surface area contributed by atoms with Crippen LogP contribution in [-0.4, -0.2) is 0 Å². The molecule has 3 rings (SSSR count). The van der Waals surface area contributed by atoms with Crippen LogP contribution in [0.4, 0.5) is 11.4 Å². The molecule has 2 nitrogen and oxygen atoms in total. The number of rotatable bonds is 2. The van der Waals surface area contributed by atoms with E-state index in [1.807, 2.05) is 48.5 Å². The summed E-state index contributed by atoms with van der Waals surface area (Å²) in [5.41, 5.74) is 2.95. The van der Waals surface area contributed by atoms with Crippen molar-refractivity contribution in [3.63, 3.8) is 0 Å². The highest BCUT2D eigenvalue weighted by Gasteiger charge is 2.01. The minimum absolute atomic E-state index is 0.870. The van der Waals surface area contributed by atoms with Crippen molar-refractivity contribution in [2.75, 3.05) is 0 Å². The molecule has 0 fully saturated rings. The Hall–Kier alpha value is -2.48. The Morgan fingerprint density at radius 3 is 2.26 bits per heavy atom. The molecule has 0 atom stereocenters. The zero-order valence-corrected chi connectivity index (χ0v) is 10.7. The van der Waals surface area contributed by atoms with Crippen LogP contribution in [0.5, 0.6) is 0 Å². The molecule has 0 saturated carbocycles. The molecule has 0 aliphatic heterocycles. The second-order valence-electron chi connectivity index (χ2n) is 4.47. The topological polar surface area (TPSA) is 24.7 Å². The van der Waals surface area contributed by atoms with Crippen LogP contribution in [0.25, 0.3) is 10.8 Å². The Bertz CT molecular complexity index is 731. The standard InChI is InChI=1S/C17H14N2/c1-13-16-10-6-5-7-14(16)11-12-17(13)19-18-15-8-3-2-4-9-15/h2-12H,1H3. The molecule has 3 aromatic carbocycles. The maximum atomic E-state index is 4.35. The molecule has 3 aromatic rings. The van der Waals surface area contributed by atoms with E-state index in [-0.39, 0.29) is 0 Å². The Morgan fingerprint density at radius 2 is 1.42 bits per heavy atom. The van der Waals surface area contributed by atoms with Crippen LogP contribution in [0.1, 0.15) is 5.56 Å². The number of hydrogen-bond donors (Lipinski definition) is 0. The van der Waals surface area contributed by atoms with Gasteiger partial charge in [-0.1, -0.05) is 48.5 Å². The van der Waals surface area contributed by atoms with Crippen LogP contribution in [0, 0.1) is 6.92 Å². The lowest BCUT2D eigenvalue weighted by Crippen LogP contribution is -1.78. The quantitative estimate of drug-likeness (QED) is 0.528. The zero-order chi connectivity index (χ0) is 13.1. The van der Waals surface area contributed by atoms with Crippen LogP contribution >= 0.6 is 0 Å². The van der Waals surface area contributed by atoms with Crippen molar-refractivity contribution in [1.82, 2.24) is 0 Å². The molecule has 2 heteroatoms. The molecule has 0 amide bonds. The summed E-state index contributed by atoms with van der Waals surface area (Å²) >= 11 is 0. The van der Waals surface area contributed by atoms with Gasteiger partial charge in [-0.05, 0) is 41.5 Å². The number of fused-ring (bicyclic) bond motifs is 1. The van der Waals surface area contributed by atoms with Crippen LogP contribution in [-0.2, 0) is 0 Å². The van der Waals surface area contributed by atoms with Crippen molar-refractivity contribution in [2.24, 2.45) is 10.2 Å². The van der Waals surface area contributed by atoms with E-state index in [9.17, 15) is 0 Å². The molecule has 0 radical (unpaired) electrons. The van der Waals surface area contributed by atoms with Crippen molar-refractivity contribution >= 4 is 22.1 Å². The highest BCUT2D eigenvalue weighted by molar-refractivity contribution is 5.89. The van der Waals surface area contributed by atoms with Crippen molar-refractivity contribution in [2.45, 2.75) is 6.92 Å². The van der Waals surface area contributed by atoms with Crippen LogP contribution in [0.15, 0.2) is 77.0 Å². The maximum absolute atomic E-state index is 4.35. The van der Waals surface area contributed by atoms with Crippen LogP contribution < -0.4 is 0 Å². The highest BCUT2D eigenvalue weighted by Crippen LogP contribution is 2.28. The molecule has 0 aliphatic carbocycles. The fraction of sp³-hybridized carbons (Fsp3) is 0.0588. The van der Waals surface area contributed by atoms with Gasteiger partial charge >= 0.3 is 0 Å². The Morgan fingerprint density at radius 1 is 0.684 bits per heavy atom. The molecule has 19 heavy (non-hydrogen) atoms. The van der Waals surface area contributed by atoms with Gasteiger partial charge in [-0.15, -0.1) is 0 Å². The SMILES string of the molecule is Cc1c(N=Nc2ccccc2)ccc2ccccc12. The average Bonchev–Trinajstić information content (AvgIpc) is 2.48. The van der Waals surface area contributed by atoms with Crippen molar-refractivity contribution in [3.05, 3.63) is 72.3 Å². The van der Waals surface area contributed by atoms with Gasteiger partial charge in [0.1, 0.15) is 0 Å². The van der Waals surface area contributed by atoms with Gasteiger partial charge in [-0.25, -0.2) is 0 Å². The Kier molecular flexibility index (Phi) is 3.07. The van der Waals surface area contributed by atoms with E-state index in [0.29, 0.717) is 0 Å². The lowest BCUT2D eigenvalue weighted by Gasteiger charge is -2.04. The summed E-state index contributed by atoms with van der Waals surface area (Å²) in [7, 11) is 0. The summed E-state index contributed by atoms with van der Waals surface area (Å²) in [6.07, 6.45) is 0. The molecule has 0 bridgehead atoms. The maximum Gasteiger partial charge on any atom is 0.0892 e. The van der Waals surface area contributed by atoms with Gasteiger partial charge in [0, 0.05) is 0 Å². The summed E-state index contributed by atoms with van der Waals surface area (Å²) in [6, 6.07) is 22.2. The molecule has 92 valence electrons. The van der Waals surface area contributed by atoms with Crippen molar-refractivity contribution in [3.8, 4) is 0 Å². The number of hydrogen-bond acceptors (Lipinski definition) is 2. The third-order valence-electron chi connectivity index (χ3n) is 3.20. The second-order valence-corrected chi connectivity index (χ2v) is 4.47. The molecular weight excluding hydrogens is 232 g/mol. The third-order valence-corrected chi connectivity index (χ3v) is 3.20. The van der Waals surface area contributed by atoms with E-state index in [2.05, 4.69) is 35.4 Å². The van der Waals surface area contributed by atoms with E-state index in [0.717, 1.165) is 16.9 Å². The summed E-state index contributed by atoms with van der Waals surface area (Å²) in [5, 5.41) is 11.1. The van der Waals surface area contributed by atoms with Gasteiger partial charge in [0.2, 0.25) is 0 Å². The van der Waals surface area contributed by atoms with Crippen molar-refractivity contribution in [1.29, 1.82) is 0 Å². The summed E-state index contributed by atoms with van der Waals surface area (Å²) in [4.78, 5) is 0. The number of nitrogens with zero attached hydrogens (tertiary/aromatic N) is 2. The monoisotopic (exact) mass is 246 g/mol. The number of benzene rings is 3. The summed E-state index contributed by atoms with van der Waals surface area (Å²) in [6.45, 7) is 2.08. The zero-order valence-electron chi connectivity index (χ0n) is 10.7. The number of azo groups is 1. The highest BCUT2D eigenvalue weighted by atomic mass is 15.1. The minimum atomic E-state index is 0.870. The predicted molar refractivity (Wildman–Crippen MR) is 79.3 cm³/mol. The Labute approximate surface area is 112 Å².